The summed E-state index contributed by atoms with van der Waals surface area (Å²) in [7, 11) is -2.06. The second-order valence-corrected chi connectivity index (χ2v) is 15.4. The molecule has 1 heterocycles. The van der Waals surface area contributed by atoms with Gasteiger partial charge in [0, 0.05) is 30.3 Å². The Morgan fingerprint density at radius 1 is 1.21 bits per heavy atom. The summed E-state index contributed by atoms with van der Waals surface area (Å²) in [6, 6.07) is 4.02. The highest BCUT2D eigenvalue weighted by atomic mass is 79.9. The highest BCUT2D eigenvalue weighted by Gasteiger charge is 2.39. The van der Waals surface area contributed by atoms with Gasteiger partial charge >= 0.3 is 12.3 Å². The Bertz CT molecular complexity index is 735. The number of piperazine rings is 1. The minimum absolute atomic E-state index is 0.266. The fourth-order valence-corrected chi connectivity index (χ4v) is 5.62. The van der Waals surface area contributed by atoms with Crippen molar-refractivity contribution in [2.75, 3.05) is 29.5 Å². The van der Waals surface area contributed by atoms with Crippen LogP contribution in [0.2, 0.25) is 13.1 Å². The first-order valence-corrected chi connectivity index (χ1v) is 13.5. The van der Waals surface area contributed by atoms with Crippen LogP contribution >= 0.6 is 15.9 Å². The van der Waals surface area contributed by atoms with Gasteiger partial charge in [-0.05, 0) is 17.5 Å². The van der Waals surface area contributed by atoms with E-state index in [2.05, 4.69) is 15.9 Å². The number of carbonyl (C=O) groups is 1. The number of hydrogen-bond donors (Lipinski definition) is 1. The number of nitrogens with zero attached hydrogens (tertiary/aromatic N) is 2. The standard InChI is InChI=1S/C19H28BrF3N2O2Si/c1-18(2,3)16-11-24(6-7-25(16)17(26)27)14-8-13(19(21,22)23)9-15(10-14)28(4,5)12-20/h8-10,16H,6-7,11-12H2,1-5H3,(H,26,27). The number of benzene rings is 1. The van der Waals surface area contributed by atoms with Gasteiger partial charge in [0.05, 0.1) is 19.7 Å². The quantitative estimate of drug-likeness (QED) is 0.500. The molecule has 4 nitrogen and oxygen atoms in total. The molecule has 1 aromatic carbocycles. The summed E-state index contributed by atoms with van der Waals surface area (Å²) in [6.07, 6.45) is -5.41. The van der Waals surface area contributed by atoms with E-state index < -0.39 is 25.9 Å². The van der Waals surface area contributed by atoms with Crippen LogP contribution in [-0.4, -0.2) is 54.8 Å². The van der Waals surface area contributed by atoms with Crippen molar-refractivity contribution in [1.29, 1.82) is 0 Å². The van der Waals surface area contributed by atoms with E-state index in [0.717, 1.165) is 5.19 Å². The molecule has 1 N–H and O–H groups in total. The first-order valence-electron chi connectivity index (χ1n) is 9.20. The minimum Gasteiger partial charge on any atom is -0.465 e. The van der Waals surface area contributed by atoms with Crippen molar-refractivity contribution < 1.29 is 23.1 Å². The summed E-state index contributed by atoms with van der Waals surface area (Å²) in [5.41, 5.74) is -0.453. The summed E-state index contributed by atoms with van der Waals surface area (Å²) in [6.45, 7) is 10.9. The number of carboxylic acid groups (broad SMARTS) is 1. The van der Waals surface area contributed by atoms with E-state index in [1.54, 1.807) is 0 Å². The van der Waals surface area contributed by atoms with E-state index in [4.69, 9.17) is 0 Å². The highest BCUT2D eigenvalue weighted by molar-refractivity contribution is 9.09. The molecule has 1 saturated heterocycles. The molecule has 9 heteroatoms. The number of halogens is 4. The number of anilines is 1. The molecule has 1 aliphatic heterocycles. The van der Waals surface area contributed by atoms with Crippen LogP contribution in [0.25, 0.3) is 0 Å². The molecule has 28 heavy (non-hydrogen) atoms. The first kappa shape index (κ1) is 23.1. The number of alkyl halides is 4. The van der Waals surface area contributed by atoms with Gasteiger partial charge in [0.1, 0.15) is 0 Å². The van der Waals surface area contributed by atoms with Gasteiger partial charge in [-0.2, -0.15) is 13.2 Å². The second-order valence-electron chi connectivity index (χ2n) is 9.09. The molecular weight excluding hydrogens is 453 g/mol. The maximum absolute atomic E-state index is 13.5. The van der Waals surface area contributed by atoms with Crippen molar-refractivity contribution in [2.24, 2.45) is 5.41 Å². The van der Waals surface area contributed by atoms with E-state index in [1.807, 2.05) is 44.8 Å². The van der Waals surface area contributed by atoms with Gasteiger partial charge in [0.2, 0.25) is 0 Å². The predicted octanol–water partition coefficient (Wildman–Crippen LogP) is 4.77. The molecule has 0 saturated carbocycles. The molecule has 1 amide bonds. The second kappa shape index (κ2) is 7.89. The van der Waals surface area contributed by atoms with Crippen molar-refractivity contribution in [1.82, 2.24) is 4.90 Å². The molecule has 1 fully saturated rings. The Morgan fingerprint density at radius 2 is 1.82 bits per heavy atom. The van der Waals surface area contributed by atoms with Crippen LogP contribution in [0.15, 0.2) is 18.2 Å². The molecule has 158 valence electrons. The fourth-order valence-electron chi connectivity index (χ4n) is 3.41. The van der Waals surface area contributed by atoms with Crippen LogP contribution in [0.5, 0.6) is 0 Å². The lowest BCUT2D eigenvalue weighted by molar-refractivity contribution is -0.137. The maximum Gasteiger partial charge on any atom is 0.416 e. The van der Waals surface area contributed by atoms with Gasteiger partial charge < -0.3 is 14.9 Å². The lowest BCUT2D eigenvalue weighted by Gasteiger charge is -2.47. The average molecular weight is 481 g/mol. The maximum atomic E-state index is 13.5. The molecule has 1 unspecified atom stereocenters. The number of hydrogen-bond acceptors (Lipinski definition) is 2. The van der Waals surface area contributed by atoms with Crippen molar-refractivity contribution in [3.63, 3.8) is 0 Å². The van der Waals surface area contributed by atoms with Crippen molar-refractivity contribution >= 4 is 41.0 Å². The van der Waals surface area contributed by atoms with E-state index in [0.29, 0.717) is 23.7 Å². The van der Waals surface area contributed by atoms with Gasteiger partial charge in [-0.1, -0.05) is 61.0 Å². The van der Waals surface area contributed by atoms with Crippen molar-refractivity contribution in [3.8, 4) is 0 Å². The molecule has 0 aliphatic carbocycles. The zero-order valence-corrected chi connectivity index (χ0v) is 19.5. The molecule has 0 spiro atoms. The Balaban J connectivity index is 2.49. The SMILES string of the molecule is CC(C)(C)C1CN(c2cc(C(F)(F)F)cc([Si](C)(C)CBr)c2)CCN1C(=O)O. The predicted molar refractivity (Wildman–Crippen MR) is 113 cm³/mol. The third-order valence-electron chi connectivity index (χ3n) is 5.35. The van der Waals surface area contributed by atoms with Crippen LogP contribution in [0, 0.1) is 5.41 Å². The van der Waals surface area contributed by atoms with Gasteiger partial charge in [-0.15, -0.1) is 0 Å². The molecule has 1 aromatic rings. The average Bonchev–Trinajstić information content (AvgIpc) is 2.59. The van der Waals surface area contributed by atoms with Crippen LogP contribution in [0.3, 0.4) is 0 Å². The zero-order chi connectivity index (χ0) is 21.5. The summed E-state index contributed by atoms with van der Waals surface area (Å²) >= 11 is 3.46. The normalized spacial score (nSPS) is 19.1. The molecule has 0 bridgehead atoms. The zero-order valence-electron chi connectivity index (χ0n) is 16.9. The molecular formula is C19H28BrF3N2O2Si. The molecule has 0 aromatic heterocycles. The summed E-state index contributed by atoms with van der Waals surface area (Å²) < 4.78 is 40.6. The first-order chi connectivity index (χ1) is 12.7. The Kier molecular flexibility index (Phi) is 6.50. The third-order valence-corrected chi connectivity index (χ3v) is 12.1. The summed E-state index contributed by atoms with van der Waals surface area (Å²) in [4.78, 5) is 15.6. The van der Waals surface area contributed by atoms with Gasteiger partial charge in [-0.3, -0.25) is 0 Å². The molecule has 1 atom stereocenters. The van der Waals surface area contributed by atoms with Gasteiger partial charge in [0.25, 0.3) is 0 Å². The summed E-state index contributed by atoms with van der Waals surface area (Å²) in [5.74, 6) is 0. The fraction of sp³-hybridized carbons (Fsp3) is 0.632. The molecule has 1 aliphatic rings. The number of amides is 1. The lowest BCUT2D eigenvalue weighted by atomic mass is 9.84. The molecule has 2 rings (SSSR count). The van der Waals surface area contributed by atoms with Crippen molar-refractivity contribution in [2.45, 2.75) is 46.1 Å². The number of rotatable bonds is 3. The largest absolute Gasteiger partial charge is 0.465 e. The van der Waals surface area contributed by atoms with Crippen LogP contribution in [0.1, 0.15) is 26.3 Å². The van der Waals surface area contributed by atoms with Gasteiger partial charge in [0.15, 0.2) is 0 Å². The van der Waals surface area contributed by atoms with E-state index >= 15 is 0 Å². The Hall–Kier alpha value is -1.22. The Labute approximate surface area is 173 Å². The van der Waals surface area contributed by atoms with Crippen LogP contribution in [0.4, 0.5) is 23.7 Å². The van der Waals surface area contributed by atoms with E-state index in [9.17, 15) is 23.1 Å². The topological polar surface area (TPSA) is 43.8 Å². The minimum atomic E-state index is -4.42. The van der Waals surface area contributed by atoms with Gasteiger partial charge in [-0.25, -0.2) is 4.79 Å². The summed E-state index contributed by atoms with van der Waals surface area (Å²) in [5, 5.41) is 10.3. The van der Waals surface area contributed by atoms with Crippen LogP contribution in [-0.2, 0) is 6.18 Å². The lowest BCUT2D eigenvalue weighted by Crippen LogP contribution is -2.59. The van der Waals surface area contributed by atoms with Crippen LogP contribution < -0.4 is 10.1 Å². The van der Waals surface area contributed by atoms with E-state index in [-0.39, 0.29) is 18.0 Å². The monoisotopic (exact) mass is 480 g/mol. The highest BCUT2D eigenvalue weighted by Crippen LogP contribution is 2.34. The van der Waals surface area contributed by atoms with Crippen molar-refractivity contribution in [3.05, 3.63) is 23.8 Å². The smallest absolute Gasteiger partial charge is 0.416 e. The Morgan fingerprint density at radius 3 is 2.29 bits per heavy atom. The van der Waals surface area contributed by atoms with E-state index in [1.165, 1.54) is 17.0 Å². The third kappa shape index (κ3) is 5.03. The molecule has 0 radical (unpaired) electrons.